The molecule has 0 saturated heterocycles. The lowest BCUT2D eigenvalue weighted by Gasteiger charge is -2.23. The van der Waals surface area contributed by atoms with Crippen LogP contribution in [0.5, 0.6) is 0 Å². The van der Waals surface area contributed by atoms with Crippen molar-refractivity contribution in [3.63, 3.8) is 0 Å². The predicted molar refractivity (Wildman–Crippen MR) is 144 cm³/mol. The third-order valence-electron chi connectivity index (χ3n) is 6.95. The van der Waals surface area contributed by atoms with Crippen molar-refractivity contribution < 1.29 is 14.4 Å². The fourth-order valence-corrected chi connectivity index (χ4v) is 5.16. The first-order chi connectivity index (χ1) is 17.5. The van der Waals surface area contributed by atoms with Crippen LogP contribution >= 0.6 is 11.6 Å². The first kappa shape index (κ1) is 26.0. The first-order valence-electron chi connectivity index (χ1n) is 13.0. The van der Waals surface area contributed by atoms with E-state index in [0.717, 1.165) is 51.4 Å². The SMILES string of the molecule is O=C(CNc1ccc(Cl)c(C(=O)NC2CCCCC2)c1)Nc1cccc(C(=O)NC2CCCCC2)c1. The largest absolute Gasteiger partial charge is 0.376 e. The van der Waals surface area contributed by atoms with Gasteiger partial charge in [-0.2, -0.15) is 0 Å². The zero-order valence-corrected chi connectivity index (χ0v) is 21.3. The summed E-state index contributed by atoms with van der Waals surface area (Å²) in [7, 11) is 0. The van der Waals surface area contributed by atoms with Crippen LogP contribution < -0.4 is 21.3 Å². The number of hydrogen-bond donors (Lipinski definition) is 4. The molecule has 36 heavy (non-hydrogen) atoms. The van der Waals surface area contributed by atoms with Crippen LogP contribution in [-0.4, -0.2) is 36.3 Å². The zero-order chi connectivity index (χ0) is 25.3. The molecule has 2 saturated carbocycles. The molecule has 0 aromatic heterocycles. The van der Waals surface area contributed by atoms with Gasteiger partial charge in [0.2, 0.25) is 5.91 Å². The minimum Gasteiger partial charge on any atom is -0.376 e. The Morgan fingerprint density at radius 3 is 2.06 bits per heavy atom. The van der Waals surface area contributed by atoms with Crippen LogP contribution in [0.3, 0.4) is 0 Å². The van der Waals surface area contributed by atoms with E-state index in [4.69, 9.17) is 11.6 Å². The van der Waals surface area contributed by atoms with E-state index in [1.165, 1.54) is 12.8 Å². The molecule has 7 nitrogen and oxygen atoms in total. The topological polar surface area (TPSA) is 99.3 Å². The van der Waals surface area contributed by atoms with E-state index < -0.39 is 0 Å². The number of nitrogens with one attached hydrogen (secondary N) is 4. The Morgan fingerprint density at radius 1 is 0.750 bits per heavy atom. The molecule has 0 spiro atoms. The number of hydrogen-bond acceptors (Lipinski definition) is 4. The minimum absolute atomic E-state index is 0.00378. The van der Waals surface area contributed by atoms with Gasteiger partial charge in [-0.25, -0.2) is 0 Å². The normalized spacial score (nSPS) is 16.7. The Kier molecular flexibility index (Phi) is 9.23. The second-order valence-corrected chi connectivity index (χ2v) is 10.2. The van der Waals surface area contributed by atoms with E-state index in [-0.39, 0.29) is 36.3 Å². The summed E-state index contributed by atoms with van der Waals surface area (Å²) >= 11 is 6.28. The van der Waals surface area contributed by atoms with Crippen molar-refractivity contribution in [1.29, 1.82) is 0 Å². The second-order valence-electron chi connectivity index (χ2n) is 9.79. The molecule has 192 valence electrons. The van der Waals surface area contributed by atoms with Crippen LogP contribution in [0.1, 0.15) is 84.9 Å². The van der Waals surface area contributed by atoms with Crippen LogP contribution in [-0.2, 0) is 4.79 Å². The molecular formula is C28H35ClN4O3. The number of carbonyl (C=O) groups excluding carboxylic acids is 3. The molecule has 2 aromatic rings. The summed E-state index contributed by atoms with van der Waals surface area (Å²) in [5.74, 6) is -0.567. The third kappa shape index (κ3) is 7.47. The van der Waals surface area contributed by atoms with Crippen molar-refractivity contribution in [3.8, 4) is 0 Å². The molecule has 0 aliphatic heterocycles. The van der Waals surface area contributed by atoms with Crippen molar-refractivity contribution in [2.75, 3.05) is 17.2 Å². The summed E-state index contributed by atoms with van der Waals surface area (Å²) in [6, 6.07) is 12.4. The fraction of sp³-hybridized carbons (Fsp3) is 0.464. The number of halogens is 1. The van der Waals surface area contributed by atoms with Gasteiger partial charge in [-0.1, -0.05) is 56.2 Å². The van der Waals surface area contributed by atoms with Crippen LogP contribution in [0.25, 0.3) is 0 Å². The van der Waals surface area contributed by atoms with Gasteiger partial charge < -0.3 is 21.3 Å². The van der Waals surface area contributed by atoms with Gasteiger partial charge in [0, 0.05) is 29.0 Å². The van der Waals surface area contributed by atoms with Crippen LogP contribution in [0, 0.1) is 0 Å². The van der Waals surface area contributed by atoms with E-state index in [9.17, 15) is 14.4 Å². The Hall–Kier alpha value is -3.06. The summed E-state index contributed by atoms with van der Waals surface area (Å²) < 4.78 is 0. The highest BCUT2D eigenvalue weighted by Crippen LogP contribution is 2.23. The summed E-state index contributed by atoms with van der Waals surface area (Å²) in [6.45, 7) is 0.00378. The van der Waals surface area contributed by atoms with Crippen LogP contribution in [0.15, 0.2) is 42.5 Å². The number of benzene rings is 2. The van der Waals surface area contributed by atoms with Crippen LogP contribution in [0.4, 0.5) is 11.4 Å². The van der Waals surface area contributed by atoms with Crippen molar-refractivity contribution >= 4 is 40.7 Å². The molecule has 2 aromatic carbocycles. The number of amides is 3. The molecule has 0 unspecified atom stereocenters. The molecule has 3 amide bonds. The maximum Gasteiger partial charge on any atom is 0.253 e. The zero-order valence-electron chi connectivity index (χ0n) is 20.6. The van der Waals surface area contributed by atoms with E-state index in [1.54, 1.807) is 42.5 Å². The quantitative estimate of drug-likeness (QED) is 0.376. The Balaban J connectivity index is 1.29. The van der Waals surface area contributed by atoms with E-state index in [2.05, 4.69) is 21.3 Å². The summed E-state index contributed by atoms with van der Waals surface area (Å²) in [4.78, 5) is 37.9. The molecule has 0 heterocycles. The fourth-order valence-electron chi connectivity index (χ4n) is 4.96. The molecule has 4 rings (SSSR count). The molecular weight excluding hydrogens is 476 g/mol. The van der Waals surface area contributed by atoms with E-state index in [0.29, 0.717) is 27.5 Å². The molecule has 2 aliphatic carbocycles. The lowest BCUT2D eigenvalue weighted by atomic mass is 9.95. The van der Waals surface area contributed by atoms with E-state index >= 15 is 0 Å². The first-order valence-corrected chi connectivity index (χ1v) is 13.4. The second kappa shape index (κ2) is 12.8. The lowest BCUT2D eigenvalue weighted by Crippen LogP contribution is -2.36. The van der Waals surface area contributed by atoms with Crippen LogP contribution in [0.2, 0.25) is 5.02 Å². The molecule has 0 bridgehead atoms. The highest BCUT2D eigenvalue weighted by molar-refractivity contribution is 6.34. The number of anilines is 2. The monoisotopic (exact) mass is 510 g/mol. The van der Waals surface area contributed by atoms with E-state index in [1.807, 2.05) is 0 Å². The van der Waals surface area contributed by atoms with Crippen molar-refractivity contribution in [1.82, 2.24) is 10.6 Å². The highest BCUT2D eigenvalue weighted by Gasteiger charge is 2.19. The summed E-state index contributed by atoms with van der Waals surface area (Å²) in [5.41, 5.74) is 2.10. The maximum absolute atomic E-state index is 12.7. The molecule has 0 atom stereocenters. The minimum atomic E-state index is -0.261. The molecule has 2 fully saturated rings. The number of carbonyl (C=O) groups is 3. The van der Waals surface area contributed by atoms with Gasteiger partial charge in [0.25, 0.3) is 11.8 Å². The average molecular weight is 511 g/mol. The van der Waals surface area contributed by atoms with Gasteiger partial charge in [-0.05, 0) is 62.1 Å². The Labute approximate surface area is 217 Å². The van der Waals surface area contributed by atoms with Gasteiger partial charge in [0.05, 0.1) is 17.1 Å². The van der Waals surface area contributed by atoms with Gasteiger partial charge >= 0.3 is 0 Å². The number of rotatable bonds is 8. The average Bonchev–Trinajstić information content (AvgIpc) is 2.89. The Morgan fingerprint density at radius 2 is 1.39 bits per heavy atom. The third-order valence-corrected chi connectivity index (χ3v) is 7.28. The predicted octanol–water partition coefficient (Wildman–Crippen LogP) is 5.52. The van der Waals surface area contributed by atoms with Gasteiger partial charge in [-0.3, -0.25) is 14.4 Å². The van der Waals surface area contributed by atoms with Gasteiger partial charge in [0.15, 0.2) is 0 Å². The Bertz CT molecular complexity index is 1080. The van der Waals surface area contributed by atoms with Crippen molar-refractivity contribution in [2.24, 2.45) is 0 Å². The van der Waals surface area contributed by atoms with Crippen molar-refractivity contribution in [2.45, 2.75) is 76.3 Å². The standard InChI is InChI=1S/C28H35ClN4O3/c29-25-15-14-22(17-24(25)28(36)33-21-11-5-2-6-12-21)30-18-26(34)31-23-13-7-8-19(16-23)27(35)32-20-9-3-1-4-10-20/h7-8,13-17,20-21,30H,1-6,9-12,18H2,(H,31,34)(H,32,35)(H,33,36). The smallest absolute Gasteiger partial charge is 0.253 e. The maximum atomic E-state index is 12.7. The molecule has 4 N–H and O–H groups in total. The molecule has 0 radical (unpaired) electrons. The lowest BCUT2D eigenvalue weighted by molar-refractivity contribution is -0.114. The highest BCUT2D eigenvalue weighted by atomic mass is 35.5. The van der Waals surface area contributed by atoms with Gasteiger partial charge in [0.1, 0.15) is 0 Å². The summed E-state index contributed by atoms with van der Waals surface area (Å²) in [6.07, 6.45) is 11.0. The molecule has 8 heteroatoms. The molecule has 2 aliphatic rings. The summed E-state index contributed by atoms with van der Waals surface area (Å²) in [5, 5.41) is 12.4. The van der Waals surface area contributed by atoms with Crippen molar-refractivity contribution in [3.05, 3.63) is 58.6 Å². The van der Waals surface area contributed by atoms with Gasteiger partial charge in [-0.15, -0.1) is 0 Å².